The van der Waals surface area contributed by atoms with Gasteiger partial charge in [-0.2, -0.15) is 5.26 Å². The van der Waals surface area contributed by atoms with E-state index in [1.54, 1.807) is 13.2 Å². The molecular weight excluding hydrogens is 418 g/mol. The molecule has 0 bridgehead atoms. The molecule has 1 atom stereocenters. The zero-order valence-electron chi connectivity index (χ0n) is 16.7. The van der Waals surface area contributed by atoms with Crippen LogP contribution in [0.1, 0.15) is 18.4 Å². The maximum atomic E-state index is 11.0. The Hall–Kier alpha value is -3.42. The molecule has 0 amide bonds. The Morgan fingerprint density at radius 1 is 1.32 bits per heavy atom. The van der Waals surface area contributed by atoms with Gasteiger partial charge < -0.3 is 9.47 Å². The highest BCUT2D eigenvalue weighted by molar-refractivity contribution is 7.99. The highest BCUT2D eigenvalue weighted by Gasteiger charge is 2.23. The first-order chi connectivity index (χ1) is 15.1. The van der Waals surface area contributed by atoms with E-state index in [1.165, 1.54) is 23.9 Å². The third-order valence-corrected chi connectivity index (χ3v) is 6.03. The number of nitriles is 1. The normalized spacial score (nSPS) is 15.5. The van der Waals surface area contributed by atoms with Crippen LogP contribution in [0.2, 0.25) is 0 Å². The zero-order valence-corrected chi connectivity index (χ0v) is 17.5. The molecule has 4 rings (SSSR count). The van der Waals surface area contributed by atoms with Crippen LogP contribution in [0.5, 0.6) is 5.75 Å². The van der Waals surface area contributed by atoms with Gasteiger partial charge in [0.1, 0.15) is 11.8 Å². The second-order valence-electron chi connectivity index (χ2n) is 6.93. The highest BCUT2D eigenvalue weighted by atomic mass is 32.2. The molecule has 1 fully saturated rings. The fourth-order valence-corrected chi connectivity index (χ4v) is 4.28. The fourth-order valence-electron chi connectivity index (χ4n) is 3.38. The minimum Gasteiger partial charge on any atom is -0.497 e. The topological polar surface area (TPSA) is 116 Å². The van der Waals surface area contributed by atoms with E-state index in [2.05, 4.69) is 10.2 Å². The quantitative estimate of drug-likeness (QED) is 0.401. The van der Waals surface area contributed by atoms with Crippen LogP contribution in [0.15, 0.2) is 52.5 Å². The summed E-state index contributed by atoms with van der Waals surface area (Å²) in [5.74, 6) is 1.43. The van der Waals surface area contributed by atoms with Crippen LogP contribution in [-0.2, 0) is 11.3 Å². The number of methoxy groups -OCH3 is 1. The summed E-state index contributed by atoms with van der Waals surface area (Å²) in [6.07, 6.45) is 2.01. The number of aromatic nitrogens is 3. The number of nitro benzene ring substituents is 1. The molecule has 9 nitrogen and oxygen atoms in total. The van der Waals surface area contributed by atoms with Crippen molar-refractivity contribution in [3.05, 3.63) is 58.1 Å². The van der Waals surface area contributed by atoms with E-state index in [1.807, 2.05) is 34.9 Å². The largest absolute Gasteiger partial charge is 0.497 e. The molecule has 1 saturated heterocycles. The Labute approximate surface area is 182 Å². The predicted molar refractivity (Wildman–Crippen MR) is 113 cm³/mol. The summed E-state index contributed by atoms with van der Waals surface area (Å²) in [6.45, 7) is 1.31. The lowest BCUT2D eigenvalue weighted by Gasteiger charge is -2.15. The van der Waals surface area contributed by atoms with Gasteiger partial charge in [-0.25, -0.2) is 0 Å². The van der Waals surface area contributed by atoms with Crippen molar-refractivity contribution in [2.75, 3.05) is 13.7 Å². The van der Waals surface area contributed by atoms with Crippen molar-refractivity contribution in [3.8, 4) is 23.2 Å². The smallest absolute Gasteiger partial charge is 0.270 e. The molecule has 0 spiro atoms. The lowest BCUT2D eigenvalue weighted by molar-refractivity contribution is -0.384. The van der Waals surface area contributed by atoms with E-state index in [0.29, 0.717) is 22.4 Å². The molecule has 2 heterocycles. The molecular formula is C21H19N5O4S. The van der Waals surface area contributed by atoms with Crippen LogP contribution in [0.3, 0.4) is 0 Å². The van der Waals surface area contributed by atoms with Crippen molar-refractivity contribution in [1.82, 2.24) is 14.8 Å². The lowest BCUT2D eigenvalue weighted by atomic mass is 10.2. The van der Waals surface area contributed by atoms with Crippen LogP contribution in [0.25, 0.3) is 11.4 Å². The summed E-state index contributed by atoms with van der Waals surface area (Å²) < 4.78 is 13.0. The third-order valence-electron chi connectivity index (χ3n) is 4.97. The van der Waals surface area contributed by atoms with Crippen LogP contribution in [0.4, 0.5) is 5.69 Å². The van der Waals surface area contributed by atoms with Gasteiger partial charge in [0, 0.05) is 29.2 Å². The summed E-state index contributed by atoms with van der Waals surface area (Å²) in [5.41, 5.74) is 0.972. The zero-order chi connectivity index (χ0) is 21.8. The van der Waals surface area contributed by atoms with Crippen molar-refractivity contribution in [2.45, 2.75) is 35.5 Å². The lowest BCUT2D eigenvalue weighted by Crippen LogP contribution is -2.16. The van der Waals surface area contributed by atoms with Crippen LogP contribution < -0.4 is 4.74 Å². The van der Waals surface area contributed by atoms with Gasteiger partial charge in [-0.3, -0.25) is 14.7 Å². The number of nitro groups is 1. The van der Waals surface area contributed by atoms with E-state index in [4.69, 9.17) is 9.47 Å². The van der Waals surface area contributed by atoms with Gasteiger partial charge in [0.25, 0.3) is 5.69 Å². The minimum atomic E-state index is -0.517. The van der Waals surface area contributed by atoms with Gasteiger partial charge in [-0.15, -0.1) is 10.2 Å². The molecule has 158 valence electrons. The fraction of sp³-hybridized carbons (Fsp3) is 0.286. The van der Waals surface area contributed by atoms with E-state index < -0.39 is 4.92 Å². The molecule has 3 aromatic rings. The first-order valence-electron chi connectivity index (χ1n) is 9.64. The molecule has 1 aromatic heterocycles. The number of nitrogens with zero attached hydrogens (tertiary/aromatic N) is 5. The average molecular weight is 437 g/mol. The van der Waals surface area contributed by atoms with Gasteiger partial charge in [0.05, 0.1) is 30.2 Å². The van der Waals surface area contributed by atoms with Crippen molar-refractivity contribution in [3.63, 3.8) is 0 Å². The SMILES string of the molecule is COc1ccc(-c2nnc(Sc3ccc([N+](=O)[O-])cc3C#N)n2CC2CCCO2)cc1. The van der Waals surface area contributed by atoms with Crippen molar-refractivity contribution < 1.29 is 14.4 Å². The van der Waals surface area contributed by atoms with Crippen LogP contribution in [0, 0.1) is 21.4 Å². The Morgan fingerprint density at radius 3 is 2.77 bits per heavy atom. The number of hydrogen-bond donors (Lipinski definition) is 0. The molecule has 0 N–H and O–H groups in total. The van der Waals surface area contributed by atoms with Gasteiger partial charge in [0.15, 0.2) is 11.0 Å². The van der Waals surface area contributed by atoms with Crippen LogP contribution in [-0.4, -0.2) is 39.5 Å². The molecule has 31 heavy (non-hydrogen) atoms. The molecule has 0 aliphatic carbocycles. The number of non-ortho nitro benzene ring substituents is 1. The van der Waals surface area contributed by atoms with Gasteiger partial charge in [0.2, 0.25) is 0 Å². The second-order valence-corrected chi connectivity index (χ2v) is 7.94. The van der Waals surface area contributed by atoms with Crippen molar-refractivity contribution >= 4 is 17.4 Å². The summed E-state index contributed by atoms with van der Waals surface area (Å²) in [4.78, 5) is 11.1. The van der Waals surface area contributed by atoms with Crippen molar-refractivity contribution in [1.29, 1.82) is 5.26 Å². The standard InChI is InChI=1S/C21H19N5O4S/c1-29-17-7-4-14(5-8-17)20-23-24-21(25(20)13-18-3-2-10-30-18)31-19-9-6-16(26(27)28)11-15(19)12-22/h4-9,11,18H,2-3,10,13H2,1H3. The summed E-state index contributed by atoms with van der Waals surface area (Å²) in [5, 5.41) is 29.8. The highest BCUT2D eigenvalue weighted by Crippen LogP contribution is 2.34. The Morgan fingerprint density at radius 2 is 2.13 bits per heavy atom. The molecule has 1 aliphatic heterocycles. The molecule has 0 radical (unpaired) electrons. The summed E-state index contributed by atoms with van der Waals surface area (Å²) >= 11 is 1.26. The van der Waals surface area contributed by atoms with Crippen molar-refractivity contribution in [2.24, 2.45) is 0 Å². The first kappa shape index (κ1) is 20.8. The Balaban J connectivity index is 1.71. The third kappa shape index (κ3) is 4.52. The molecule has 2 aromatic carbocycles. The predicted octanol–water partition coefficient (Wildman–Crippen LogP) is 4.06. The number of ether oxygens (including phenoxy) is 2. The molecule has 0 saturated carbocycles. The molecule has 10 heteroatoms. The minimum absolute atomic E-state index is 0.0552. The summed E-state index contributed by atoms with van der Waals surface area (Å²) in [6, 6.07) is 13.8. The van der Waals surface area contributed by atoms with E-state index in [-0.39, 0.29) is 17.4 Å². The Kier molecular flexibility index (Phi) is 6.16. The Bertz CT molecular complexity index is 1130. The van der Waals surface area contributed by atoms with Gasteiger partial charge in [-0.1, -0.05) is 0 Å². The van der Waals surface area contributed by atoms with Gasteiger partial charge >= 0.3 is 0 Å². The summed E-state index contributed by atoms with van der Waals surface area (Å²) in [7, 11) is 1.61. The number of hydrogen-bond acceptors (Lipinski definition) is 8. The average Bonchev–Trinajstić information content (AvgIpc) is 3.45. The van der Waals surface area contributed by atoms with Gasteiger partial charge in [-0.05, 0) is 54.9 Å². The van der Waals surface area contributed by atoms with E-state index in [0.717, 1.165) is 30.8 Å². The second kappa shape index (κ2) is 9.16. The molecule has 1 unspecified atom stereocenters. The van der Waals surface area contributed by atoms with Crippen LogP contribution >= 0.6 is 11.8 Å². The first-order valence-corrected chi connectivity index (χ1v) is 10.5. The number of benzene rings is 2. The number of rotatable bonds is 7. The van der Waals surface area contributed by atoms with E-state index >= 15 is 0 Å². The van der Waals surface area contributed by atoms with E-state index in [9.17, 15) is 15.4 Å². The maximum Gasteiger partial charge on any atom is 0.270 e. The molecule has 1 aliphatic rings. The maximum absolute atomic E-state index is 11.0. The monoisotopic (exact) mass is 437 g/mol.